The van der Waals surface area contributed by atoms with E-state index >= 15 is 0 Å². The Morgan fingerprint density at radius 1 is 1.12 bits per heavy atom. The van der Waals surface area contributed by atoms with Crippen molar-refractivity contribution in [1.29, 1.82) is 0 Å². The Hall–Kier alpha value is -3.45. The standard InChI is InChI=1S/C24H22ClNO6/c1-13(27)17-10-18(26-22(30)14-4-6-15(25)7-5-14)23(31)32-21(17)9-8-16-19(28)11-24(2,3)12-20(16)29/h4-10,28H,11-12H2,1-3H3,(H,26,30). The molecule has 0 bridgehead atoms. The molecule has 0 atom stereocenters. The van der Waals surface area contributed by atoms with Gasteiger partial charge in [0.05, 0.1) is 11.1 Å². The first-order valence-corrected chi connectivity index (χ1v) is 10.2. The van der Waals surface area contributed by atoms with Crippen LogP contribution < -0.4 is 10.9 Å². The van der Waals surface area contributed by atoms with Gasteiger partial charge in [-0.25, -0.2) is 4.79 Å². The van der Waals surface area contributed by atoms with E-state index in [2.05, 4.69) is 5.32 Å². The Morgan fingerprint density at radius 3 is 2.38 bits per heavy atom. The van der Waals surface area contributed by atoms with Gasteiger partial charge in [0.2, 0.25) is 0 Å². The maximum atomic E-state index is 12.4. The van der Waals surface area contributed by atoms with Crippen molar-refractivity contribution in [2.75, 3.05) is 5.32 Å². The summed E-state index contributed by atoms with van der Waals surface area (Å²) in [6.07, 6.45) is 3.22. The predicted molar refractivity (Wildman–Crippen MR) is 121 cm³/mol. The van der Waals surface area contributed by atoms with Crippen LogP contribution in [0.15, 0.2) is 57.0 Å². The maximum Gasteiger partial charge on any atom is 0.360 e. The molecule has 0 spiro atoms. The highest BCUT2D eigenvalue weighted by molar-refractivity contribution is 6.30. The number of Topliss-reactive ketones (excluding diaryl/α,β-unsaturated/α-hetero) is 2. The van der Waals surface area contributed by atoms with Crippen LogP contribution in [0.1, 0.15) is 60.1 Å². The number of rotatable bonds is 5. The van der Waals surface area contributed by atoms with Crippen LogP contribution in [0, 0.1) is 5.41 Å². The van der Waals surface area contributed by atoms with Gasteiger partial charge in [0, 0.05) is 23.4 Å². The normalized spacial score (nSPS) is 15.8. The van der Waals surface area contributed by atoms with Crippen LogP contribution in [-0.2, 0) is 4.79 Å². The number of hydrogen-bond acceptors (Lipinski definition) is 6. The minimum absolute atomic E-state index is 0.0379. The number of halogens is 1. The zero-order valence-electron chi connectivity index (χ0n) is 17.8. The van der Waals surface area contributed by atoms with Gasteiger partial charge in [0.1, 0.15) is 17.2 Å². The lowest BCUT2D eigenvalue weighted by atomic mass is 9.76. The fraction of sp³-hybridized carbons (Fsp3) is 0.250. The molecule has 8 heteroatoms. The quantitative estimate of drug-likeness (QED) is 0.616. The van der Waals surface area contributed by atoms with Crippen molar-refractivity contribution in [1.82, 2.24) is 0 Å². The Bertz CT molecular complexity index is 1220. The Morgan fingerprint density at radius 2 is 1.78 bits per heavy atom. The number of ketones is 2. The van der Waals surface area contributed by atoms with E-state index in [0.29, 0.717) is 11.4 Å². The zero-order chi connectivity index (χ0) is 23.6. The number of nitrogens with one attached hydrogen (secondary N) is 1. The lowest BCUT2D eigenvalue weighted by Crippen LogP contribution is -2.25. The van der Waals surface area contributed by atoms with Crippen LogP contribution in [0.2, 0.25) is 5.02 Å². The van der Waals surface area contributed by atoms with Gasteiger partial charge in [0.25, 0.3) is 5.91 Å². The van der Waals surface area contributed by atoms with Gasteiger partial charge in [-0.05, 0) is 54.8 Å². The molecule has 1 aliphatic rings. The highest BCUT2D eigenvalue weighted by atomic mass is 35.5. The third kappa shape index (κ3) is 5.23. The minimum atomic E-state index is -0.869. The van der Waals surface area contributed by atoms with E-state index in [4.69, 9.17) is 16.0 Å². The molecule has 1 heterocycles. The molecule has 32 heavy (non-hydrogen) atoms. The SMILES string of the molecule is CC(=O)c1cc(NC(=O)c2ccc(Cl)cc2)c(=O)oc1C=CC1=C(O)CC(C)(C)CC1=O. The molecule has 1 aromatic carbocycles. The lowest BCUT2D eigenvalue weighted by Gasteiger charge is -2.28. The molecular weight excluding hydrogens is 434 g/mol. The number of amides is 1. The molecule has 1 aliphatic carbocycles. The molecule has 0 aliphatic heterocycles. The van der Waals surface area contributed by atoms with E-state index in [0.717, 1.165) is 0 Å². The van der Waals surface area contributed by atoms with E-state index in [1.807, 2.05) is 13.8 Å². The van der Waals surface area contributed by atoms with Crippen molar-refractivity contribution in [3.63, 3.8) is 0 Å². The highest BCUT2D eigenvalue weighted by Crippen LogP contribution is 2.36. The summed E-state index contributed by atoms with van der Waals surface area (Å²) >= 11 is 5.81. The van der Waals surface area contributed by atoms with Crippen molar-refractivity contribution in [2.45, 2.75) is 33.6 Å². The van der Waals surface area contributed by atoms with Crippen LogP contribution in [0.4, 0.5) is 5.69 Å². The van der Waals surface area contributed by atoms with Gasteiger partial charge < -0.3 is 14.8 Å². The first kappa shape index (κ1) is 23.2. The smallest absolute Gasteiger partial charge is 0.360 e. The van der Waals surface area contributed by atoms with Gasteiger partial charge >= 0.3 is 5.63 Å². The number of anilines is 1. The van der Waals surface area contributed by atoms with Gasteiger partial charge in [-0.3, -0.25) is 14.4 Å². The van der Waals surface area contributed by atoms with Gasteiger partial charge in [-0.15, -0.1) is 0 Å². The second kappa shape index (κ2) is 8.96. The Balaban J connectivity index is 1.93. The van der Waals surface area contributed by atoms with Gasteiger partial charge in [-0.2, -0.15) is 0 Å². The number of carbonyl (C=O) groups is 3. The van der Waals surface area contributed by atoms with E-state index in [-0.39, 0.29) is 51.5 Å². The minimum Gasteiger partial charge on any atom is -0.512 e. The molecular formula is C24H22ClNO6. The average molecular weight is 456 g/mol. The third-order valence-electron chi connectivity index (χ3n) is 5.01. The van der Waals surface area contributed by atoms with Crippen LogP contribution in [0.5, 0.6) is 0 Å². The summed E-state index contributed by atoms with van der Waals surface area (Å²) in [6.45, 7) is 5.04. The average Bonchev–Trinajstić information content (AvgIpc) is 2.68. The summed E-state index contributed by atoms with van der Waals surface area (Å²) in [6, 6.07) is 7.27. The summed E-state index contributed by atoms with van der Waals surface area (Å²) in [5, 5.41) is 13.1. The molecule has 7 nitrogen and oxygen atoms in total. The van der Waals surface area contributed by atoms with Crippen molar-refractivity contribution < 1.29 is 23.9 Å². The first-order chi connectivity index (χ1) is 15.0. The highest BCUT2D eigenvalue weighted by Gasteiger charge is 2.32. The predicted octanol–water partition coefficient (Wildman–Crippen LogP) is 4.96. The fourth-order valence-electron chi connectivity index (χ4n) is 3.42. The number of allylic oxidation sites excluding steroid dienone is 3. The molecule has 2 N–H and O–H groups in total. The van der Waals surface area contributed by atoms with E-state index in [1.165, 1.54) is 49.4 Å². The number of benzene rings is 1. The summed E-state index contributed by atoms with van der Waals surface area (Å²) in [5.74, 6) is -1.36. The van der Waals surface area contributed by atoms with Crippen molar-refractivity contribution in [3.8, 4) is 0 Å². The summed E-state index contributed by atoms with van der Waals surface area (Å²) < 4.78 is 5.24. The van der Waals surface area contributed by atoms with Gasteiger partial charge in [-0.1, -0.05) is 25.4 Å². The maximum absolute atomic E-state index is 12.4. The zero-order valence-corrected chi connectivity index (χ0v) is 18.6. The van der Waals surface area contributed by atoms with Crippen molar-refractivity contribution in [2.24, 2.45) is 5.41 Å². The Labute approximate surface area is 189 Å². The molecule has 0 saturated carbocycles. The molecule has 1 amide bonds. The summed E-state index contributed by atoms with van der Waals surface area (Å²) in [5.41, 5.74) is -1.00. The van der Waals surface area contributed by atoms with Crippen LogP contribution in [0.25, 0.3) is 6.08 Å². The van der Waals surface area contributed by atoms with E-state index in [1.54, 1.807) is 0 Å². The number of hydrogen-bond donors (Lipinski definition) is 2. The molecule has 0 saturated heterocycles. The topological polar surface area (TPSA) is 114 Å². The lowest BCUT2D eigenvalue weighted by molar-refractivity contribution is -0.118. The summed E-state index contributed by atoms with van der Waals surface area (Å²) in [4.78, 5) is 49.3. The molecule has 1 aromatic heterocycles. The second-order valence-corrected chi connectivity index (χ2v) is 8.81. The first-order valence-electron chi connectivity index (χ1n) is 9.86. The molecule has 0 radical (unpaired) electrons. The van der Waals surface area contributed by atoms with Crippen molar-refractivity contribution in [3.05, 3.63) is 80.1 Å². The van der Waals surface area contributed by atoms with Crippen LogP contribution >= 0.6 is 11.6 Å². The third-order valence-corrected chi connectivity index (χ3v) is 5.26. The molecule has 3 rings (SSSR count). The molecule has 2 aromatic rings. The largest absolute Gasteiger partial charge is 0.512 e. The second-order valence-electron chi connectivity index (χ2n) is 8.38. The molecule has 0 unspecified atom stereocenters. The van der Waals surface area contributed by atoms with Crippen LogP contribution in [0.3, 0.4) is 0 Å². The van der Waals surface area contributed by atoms with Gasteiger partial charge in [0.15, 0.2) is 11.6 Å². The number of carbonyl (C=O) groups excluding carboxylic acids is 3. The monoisotopic (exact) mass is 455 g/mol. The molecule has 0 fully saturated rings. The molecule has 166 valence electrons. The Kier molecular flexibility index (Phi) is 6.50. The number of aliphatic hydroxyl groups excluding tert-OH is 1. The fourth-order valence-corrected chi connectivity index (χ4v) is 3.54. The van der Waals surface area contributed by atoms with Crippen LogP contribution in [-0.4, -0.2) is 22.6 Å². The number of aliphatic hydroxyl groups is 1. The van der Waals surface area contributed by atoms with E-state index < -0.39 is 17.3 Å². The van der Waals surface area contributed by atoms with Crippen molar-refractivity contribution >= 4 is 40.8 Å². The van der Waals surface area contributed by atoms with E-state index in [9.17, 15) is 24.3 Å². The summed E-state index contributed by atoms with van der Waals surface area (Å²) in [7, 11) is 0.